The molecule has 2 fully saturated rings. The van der Waals surface area contributed by atoms with Gasteiger partial charge in [0.1, 0.15) is 0 Å². The standard InChI is InChI=1S/C20H25F3N2O2/c1-13-5-7-17(8-6-13)24-19(27)15-10-18(26)25(12-15)11-14-3-2-4-16(9-14)20(21,22)23/h2-4,9,13,15,17H,5-8,10-12H2,1H3,(H,24,27). The summed E-state index contributed by atoms with van der Waals surface area (Å²) in [5.41, 5.74) is -0.312. The molecule has 1 N–H and O–H groups in total. The number of nitrogens with one attached hydrogen (secondary N) is 1. The third-order valence-electron chi connectivity index (χ3n) is 5.58. The Labute approximate surface area is 157 Å². The number of rotatable bonds is 4. The van der Waals surface area contributed by atoms with Gasteiger partial charge in [0.05, 0.1) is 11.5 Å². The van der Waals surface area contributed by atoms with E-state index in [2.05, 4.69) is 12.2 Å². The van der Waals surface area contributed by atoms with Crippen LogP contribution in [-0.2, 0) is 22.3 Å². The number of amides is 2. The molecule has 1 saturated carbocycles. The van der Waals surface area contributed by atoms with Crippen molar-refractivity contribution in [3.8, 4) is 0 Å². The first kappa shape index (κ1) is 19.7. The maximum atomic E-state index is 12.8. The first-order chi connectivity index (χ1) is 12.7. The van der Waals surface area contributed by atoms with Gasteiger partial charge < -0.3 is 10.2 Å². The van der Waals surface area contributed by atoms with E-state index in [0.717, 1.165) is 37.8 Å². The maximum absolute atomic E-state index is 12.8. The molecule has 4 nitrogen and oxygen atoms in total. The average Bonchev–Trinajstić information content (AvgIpc) is 2.97. The van der Waals surface area contributed by atoms with Gasteiger partial charge in [-0.15, -0.1) is 0 Å². The van der Waals surface area contributed by atoms with Crippen molar-refractivity contribution in [2.75, 3.05) is 6.54 Å². The largest absolute Gasteiger partial charge is 0.416 e. The van der Waals surface area contributed by atoms with E-state index in [9.17, 15) is 22.8 Å². The van der Waals surface area contributed by atoms with E-state index in [0.29, 0.717) is 11.5 Å². The molecule has 0 spiro atoms. The van der Waals surface area contributed by atoms with Crippen molar-refractivity contribution >= 4 is 11.8 Å². The second-order valence-corrected chi connectivity index (χ2v) is 7.84. The Hall–Kier alpha value is -2.05. The second kappa shape index (κ2) is 7.90. The molecule has 1 aromatic rings. The van der Waals surface area contributed by atoms with Crippen molar-refractivity contribution in [2.45, 2.75) is 57.8 Å². The summed E-state index contributed by atoms with van der Waals surface area (Å²) < 4.78 is 38.5. The minimum absolute atomic E-state index is 0.0908. The van der Waals surface area contributed by atoms with E-state index >= 15 is 0 Å². The number of likely N-dealkylation sites (tertiary alicyclic amines) is 1. The van der Waals surface area contributed by atoms with E-state index in [-0.39, 0.29) is 37.4 Å². The Bertz CT molecular complexity index is 697. The molecule has 2 amide bonds. The van der Waals surface area contributed by atoms with Crippen LogP contribution in [0.15, 0.2) is 24.3 Å². The molecule has 1 heterocycles. The average molecular weight is 382 g/mol. The van der Waals surface area contributed by atoms with Crippen molar-refractivity contribution in [2.24, 2.45) is 11.8 Å². The highest BCUT2D eigenvalue weighted by Gasteiger charge is 2.36. The molecule has 1 unspecified atom stereocenters. The van der Waals surface area contributed by atoms with Crippen LogP contribution in [0.5, 0.6) is 0 Å². The lowest BCUT2D eigenvalue weighted by Gasteiger charge is -2.27. The third kappa shape index (κ3) is 5.02. The zero-order valence-electron chi connectivity index (χ0n) is 15.4. The van der Waals surface area contributed by atoms with E-state index in [1.165, 1.54) is 11.0 Å². The van der Waals surface area contributed by atoms with E-state index in [1.54, 1.807) is 6.07 Å². The molecule has 0 aromatic heterocycles. The zero-order chi connectivity index (χ0) is 19.6. The van der Waals surface area contributed by atoms with Crippen molar-refractivity contribution in [3.63, 3.8) is 0 Å². The summed E-state index contributed by atoms with van der Waals surface area (Å²) in [4.78, 5) is 26.2. The van der Waals surface area contributed by atoms with E-state index in [4.69, 9.17) is 0 Å². The topological polar surface area (TPSA) is 49.4 Å². The van der Waals surface area contributed by atoms with Gasteiger partial charge in [-0.3, -0.25) is 9.59 Å². The van der Waals surface area contributed by atoms with Gasteiger partial charge in [-0.2, -0.15) is 13.2 Å². The Kier molecular flexibility index (Phi) is 5.77. The Morgan fingerprint density at radius 3 is 2.59 bits per heavy atom. The van der Waals surface area contributed by atoms with Crippen LogP contribution in [0, 0.1) is 11.8 Å². The molecule has 0 radical (unpaired) electrons. The Balaban J connectivity index is 1.56. The van der Waals surface area contributed by atoms with Gasteiger partial charge in [0, 0.05) is 25.6 Å². The quantitative estimate of drug-likeness (QED) is 0.862. The number of benzene rings is 1. The molecular weight excluding hydrogens is 357 g/mol. The van der Waals surface area contributed by atoms with Crippen LogP contribution < -0.4 is 5.32 Å². The first-order valence-electron chi connectivity index (χ1n) is 9.46. The number of hydrogen-bond donors (Lipinski definition) is 1. The molecule has 2 aliphatic rings. The second-order valence-electron chi connectivity index (χ2n) is 7.84. The SMILES string of the molecule is CC1CCC(NC(=O)C2CC(=O)N(Cc3cccc(C(F)(F)F)c3)C2)CC1. The highest BCUT2D eigenvalue weighted by Crippen LogP contribution is 2.30. The van der Waals surface area contributed by atoms with Gasteiger partial charge in [-0.05, 0) is 49.3 Å². The molecule has 1 atom stereocenters. The molecule has 0 bridgehead atoms. The zero-order valence-corrected chi connectivity index (χ0v) is 15.4. The van der Waals surface area contributed by atoms with Crippen LogP contribution >= 0.6 is 0 Å². The lowest BCUT2D eigenvalue weighted by Crippen LogP contribution is -2.41. The van der Waals surface area contributed by atoms with Crippen LogP contribution in [0.25, 0.3) is 0 Å². The number of nitrogens with zero attached hydrogens (tertiary/aromatic N) is 1. The van der Waals surface area contributed by atoms with E-state index < -0.39 is 17.7 Å². The Morgan fingerprint density at radius 2 is 1.93 bits per heavy atom. The third-order valence-corrected chi connectivity index (χ3v) is 5.58. The number of alkyl halides is 3. The minimum atomic E-state index is -4.41. The molecule has 1 aromatic carbocycles. The molecule has 1 aliphatic heterocycles. The van der Waals surface area contributed by atoms with Crippen LogP contribution in [0.3, 0.4) is 0 Å². The predicted molar refractivity (Wildman–Crippen MR) is 94.5 cm³/mol. The summed E-state index contributed by atoms with van der Waals surface area (Å²) in [7, 11) is 0. The molecule has 1 aliphatic carbocycles. The number of carbonyl (C=O) groups is 2. The fraction of sp³-hybridized carbons (Fsp3) is 0.600. The van der Waals surface area contributed by atoms with E-state index in [1.807, 2.05) is 0 Å². The highest BCUT2D eigenvalue weighted by molar-refractivity contribution is 5.89. The van der Waals surface area contributed by atoms with Crippen LogP contribution in [0.2, 0.25) is 0 Å². The number of carbonyl (C=O) groups excluding carboxylic acids is 2. The summed E-state index contributed by atoms with van der Waals surface area (Å²) >= 11 is 0. The molecule has 148 valence electrons. The summed E-state index contributed by atoms with van der Waals surface area (Å²) in [5.74, 6) is -0.0453. The smallest absolute Gasteiger partial charge is 0.353 e. The molecule has 1 saturated heterocycles. The van der Waals surface area contributed by atoms with Gasteiger partial charge in [-0.25, -0.2) is 0 Å². The van der Waals surface area contributed by atoms with Crippen LogP contribution in [0.4, 0.5) is 13.2 Å². The fourth-order valence-electron chi connectivity index (χ4n) is 3.89. The van der Waals surface area contributed by atoms with Crippen molar-refractivity contribution in [1.29, 1.82) is 0 Å². The van der Waals surface area contributed by atoms with Crippen molar-refractivity contribution in [1.82, 2.24) is 10.2 Å². The minimum Gasteiger partial charge on any atom is -0.353 e. The number of halogens is 3. The van der Waals surface area contributed by atoms with Crippen molar-refractivity contribution in [3.05, 3.63) is 35.4 Å². The predicted octanol–water partition coefficient (Wildman–Crippen LogP) is 3.75. The van der Waals surface area contributed by atoms with Gasteiger partial charge >= 0.3 is 6.18 Å². The Morgan fingerprint density at radius 1 is 1.22 bits per heavy atom. The van der Waals surface area contributed by atoms with Gasteiger partial charge in [-0.1, -0.05) is 19.1 Å². The van der Waals surface area contributed by atoms with Gasteiger partial charge in [0.15, 0.2) is 0 Å². The lowest BCUT2D eigenvalue weighted by molar-refractivity contribution is -0.137. The fourth-order valence-corrected chi connectivity index (χ4v) is 3.89. The summed E-state index contributed by atoms with van der Waals surface area (Å²) in [5, 5.41) is 3.05. The monoisotopic (exact) mass is 382 g/mol. The van der Waals surface area contributed by atoms with Crippen molar-refractivity contribution < 1.29 is 22.8 Å². The normalized spacial score (nSPS) is 26.3. The first-order valence-corrected chi connectivity index (χ1v) is 9.46. The van der Waals surface area contributed by atoms with Crippen LogP contribution in [-0.4, -0.2) is 29.3 Å². The highest BCUT2D eigenvalue weighted by atomic mass is 19.4. The molecule has 27 heavy (non-hydrogen) atoms. The molecule has 3 rings (SSSR count). The number of hydrogen-bond acceptors (Lipinski definition) is 2. The van der Waals surface area contributed by atoms with Gasteiger partial charge in [0.25, 0.3) is 0 Å². The summed E-state index contributed by atoms with van der Waals surface area (Å²) in [6.45, 7) is 2.55. The summed E-state index contributed by atoms with van der Waals surface area (Å²) in [6, 6.07) is 5.15. The van der Waals surface area contributed by atoms with Crippen LogP contribution in [0.1, 0.15) is 50.2 Å². The van der Waals surface area contributed by atoms with Gasteiger partial charge in [0.2, 0.25) is 11.8 Å². The lowest BCUT2D eigenvalue weighted by atomic mass is 9.87. The summed E-state index contributed by atoms with van der Waals surface area (Å²) in [6.07, 6.45) is -0.186. The maximum Gasteiger partial charge on any atom is 0.416 e. The molecular formula is C20H25F3N2O2. The molecule has 7 heteroatoms.